The van der Waals surface area contributed by atoms with E-state index in [0.717, 1.165) is 5.56 Å². The Balaban J connectivity index is 2.18. The quantitative estimate of drug-likeness (QED) is 0.681. The number of anilines is 1. The normalized spacial score (nSPS) is 11.0. The second-order valence-electron chi connectivity index (χ2n) is 5.72. The van der Waals surface area contributed by atoms with Gasteiger partial charge in [-0.15, -0.1) is 0 Å². The van der Waals surface area contributed by atoms with Crippen LogP contribution in [0.25, 0.3) is 11.2 Å². The standard InChI is InChI=1S/C16H17N5O4/c1-19(8-10-6-4-3-5-7-10)15-17-13-12(21(15)9-11(22)23)14(24)18-16(25)20(13)2/h3-7H,8-9H2,1-2H3,(H,22,23)(H,18,24,25). The molecule has 0 atom stereocenters. The first-order chi connectivity index (χ1) is 11.9. The van der Waals surface area contributed by atoms with Crippen LogP contribution in [0.3, 0.4) is 0 Å². The molecule has 2 N–H and O–H groups in total. The Morgan fingerprint density at radius 1 is 1.28 bits per heavy atom. The number of carboxylic acid groups (broad SMARTS) is 1. The maximum Gasteiger partial charge on any atom is 0.329 e. The van der Waals surface area contributed by atoms with E-state index in [4.69, 9.17) is 0 Å². The van der Waals surface area contributed by atoms with Gasteiger partial charge in [0.15, 0.2) is 11.2 Å². The van der Waals surface area contributed by atoms with E-state index in [9.17, 15) is 19.5 Å². The van der Waals surface area contributed by atoms with Gasteiger partial charge in [-0.1, -0.05) is 30.3 Å². The number of rotatable bonds is 5. The molecule has 0 saturated carbocycles. The lowest BCUT2D eigenvalue weighted by atomic mass is 10.2. The van der Waals surface area contributed by atoms with Gasteiger partial charge >= 0.3 is 11.7 Å². The molecule has 3 rings (SSSR count). The average molecular weight is 343 g/mol. The molecule has 3 aromatic rings. The predicted molar refractivity (Wildman–Crippen MR) is 91.8 cm³/mol. The first-order valence-electron chi connectivity index (χ1n) is 7.55. The number of nitrogens with one attached hydrogen (secondary N) is 1. The fourth-order valence-corrected chi connectivity index (χ4v) is 2.73. The Bertz CT molecular complexity index is 1050. The van der Waals surface area contributed by atoms with Crippen molar-refractivity contribution in [2.75, 3.05) is 11.9 Å². The Morgan fingerprint density at radius 3 is 2.60 bits per heavy atom. The molecule has 0 fully saturated rings. The molecule has 1 aromatic carbocycles. The zero-order valence-corrected chi connectivity index (χ0v) is 13.8. The van der Waals surface area contributed by atoms with Crippen LogP contribution in [-0.2, 0) is 24.9 Å². The molecule has 0 bridgehead atoms. The van der Waals surface area contributed by atoms with Crippen LogP contribution in [0.5, 0.6) is 0 Å². The van der Waals surface area contributed by atoms with E-state index < -0.39 is 23.8 Å². The van der Waals surface area contributed by atoms with Gasteiger partial charge in [0.2, 0.25) is 5.95 Å². The number of aliphatic carboxylic acids is 1. The van der Waals surface area contributed by atoms with Crippen LogP contribution in [-0.4, -0.2) is 37.2 Å². The lowest BCUT2D eigenvalue weighted by Gasteiger charge is -2.19. The van der Waals surface area contributed by atoms with Crippen LogP contribution < -0.4 is 16.1 Å². The number of imidazole rings is 1. The smallest absolute Gasteiger partial charge is 0.329 e. The van der Waals surface area contributed by atoms with Gasteiger partial charge in [0.25, 0.3) is 5.56 Å². The molecule has 0 aliphatic rings. The summed E-state index contributed by atoms with van der Waals surface area (Å²) in [5, 5.41) is 9.21. The van der Waals surface area contributed by atoms with Crippen LogP contribution in [0.15, 0.2) is 39.9 Å². The van der Waals surface area contributed by atoms with Crippen molar-refractivity contribution in [2.45, 2.75) is 13.1 Å². The average Bonchev–Trinajstić information content (AvgIpc) is 2.93. The summed E-state index contributed by atoms with van der Waals surface area (Å²) in [6.07, 6.45) is 0. The largest absolute Gasteiger partial charge is 0.480 e. The number of hydrogen-bond donors (Lipinski definition) is 2. The highest BCUT2D eigenvalue weighted by molar-refractivity contribution is 5.77. The maximum atomic E-state index is 12.2. The van der Waals surface area contributed by atoms with E-state index in [1.54, 1.807) is 11.9 Å². The van der Waals surface area contributed by atoms with Crippen LogP contribution in [0.1, 0.15) is 5.56 Å². The lowest BCUT2D eigenvalue weighted by Crippen LogP contribution is -2.30. The summed E-state index contributed by atoms with van der Waals surface area (Å²) in [6.45, 7) is 0.0296. The minimum absolute atomic E-state index is 0.0550. The highest BCUT2D eigenvalue weighted by atomic mass is 16.4. The van der Waals surface area contributed by atoms with Gasteiger partial charge in [-0.2, -0.15) is 4.98 Å². The summed E-state index contributed by atoms with van der Waals surface area (Å²) in [7, 11) is 3.22. The number of H-pyrrole nitrogens is 1. The van der Waals surface area contributed by atoms with Gasteiger partial charge in [0.1, 0.15) is 6.54 Å². The zero-order valence-electron chi connectivity index (χ0n) is 13.8. The number of nitrogens with zero attached hydrogens (tertiary/aromatic N) is 4. The van der Waals surface area contributed by atoms with Gasteiger partial charge in [0, 0.05) is 20.6 Å². The molecule has 0 spiro atoms. The number of fused-ring (bicyclic) bond motifs is 1. The number of hydrogen-bond acceptors (Lipinski definition) is 5. The highest BCUT2D eigenvalue weighted by Gasteiger charge is 2.21. The second kappa shape index (κ2) is 6.27. The molecule has 25 heavy (non-hydrogen) atoms. The van der Waals surface area contributed by atoms with E-state index in [2.05, 4.69) is 9.97 Å². The van der Waals surface area contributed by atoms with Crippen molar-refractivity contribution >= 4 is 23.1 Å². The minimum atomic E-state index is -1.11. The molecule has 0 saturated heterocycles. The summed E-state index contributed by atoms with van der Waals surface area (Å²) in [6, 6.07) is 9.57. The van der Waals surface area contributed by atoms with E-state index in [1.807, 2.05) is 30.3 Å². The third kappa shape index (κ3) is 3.03. The van der Waals surface area contributed by atoms with Crippen molar-refractivity contribution in [3.05, 3.63) is 56.7 Å². The monoisotopic (exact) mass is 343 g/mol. The molecule has 0 aliphatic heterocycles. The topological polar surface area (TPSA) is 113 Å². The van der Waals surface area contributed by atoms with E-state index in [0.29, 0.717) is 12.5 Å². The Hall–Kier alpha value is -3.36. The van der Waals surface area contributed by atoms with Gasteiger partial charge in [-0.05, 0) is 5.56 Å². The van der Waals surface area contributed by atoms with E-state index >= 15 is 0 Å². The third-order valence-electron chi connectivity index (χ3n) is 3.88. The summed E-state index contributed by atoms with van der Waals surface area (Å²) in [5.74, 6) is -0.810. The van der Waals surface area contributed by atoms with Gasteiger partial charge < -0.3 is 10.0 Å². The molecule has 0 unspecified atom stereocenters. The van der Waals surface area contributed by atoms with Crippen LogP contribution >= 0.6 is 0 Å². The van der Waals surface area contributed by atoms with Crippen LogP contribution in [0, 0.1) is 0 Å². The van der Waals surface area contributed by atoms with E-state index in [-0.39, 0.29) is 11.2 Å². The number of carboxylic acids is 1. The second-order valence-corrected chi connectivity index (χ2v) is 5.72. The van der Waals surface area contributed by atoms with Crippen molar-refractivity contribution in [2.24, 2.45) is 7.05 Å². The molecule has 0 amide bonds. The predicted octanol–water partition coefficient (Wildman–Crippen LogP) is 0.144. The van der Waals surface area contributed by atoms with Crippen molar-refractivity contribution in [3.63, 3.8) is 0 Å². The fraction of sp³-hybridized carbons (Fsp3) is 0.250. The van der Waals surface area contributed by atoms with Gasteiger partial charge in [-0.3, -0.25) is 23.7 Å². The summed E-state index contributed by atoms with van der Waals surface area (Å²) >= 11 is 0. The Kier molecular flexibility index (Phi) is 4.14. The van der Waals surface area contributed by atoms with Crippen molar-refractivity contribution in [1.29, 1.82) is 0 Å². The van der Waals surface area contributed by atoms with E-state index in [1.165, 1.54) is 16.2 Å². The minimum Gasteiger partial charge on any atom is -0.480 e. The first-order valence-corrected chi connectivity index (χ1v) is 7.55. The molecule has 0 aliphatic carbocycles. The molecular formula is C16H17N5O4. The first kappa shape index (κ1) is 16.5. The summed E-state index contributed by atoms with van der Waals surface area (Å²) in [4.78, 5) is 43.5. The van der Waals surface area contributed by atoms with Crippen molar-refractivity contribution in [3.8, 4) is 0 Å². The van der Waals surface area contributed by atoms with Gasteiger partial charge in [0.05, 0.1) is 0 Å². The number of aromatic nitrogens is 4. The van der Waals surface area contributed by atoms with Gasteiger partial charge in [-0.25, -0.2) is 4.79 Å². The van der Waals surface area contributed by atoms with Crippen molar-refractivity contribution in [1.82, 2.24) is 19.1 Å². The molecule has 9 nitrogen and oxygen atoms in total. The summed E-state index contributed by atoms with van der Waals surface area (Å²) in [5.41, 5.74) is -0.0630. The molecule has 130 valence electrons. The number of benzene rings is 1. The zero-order chi connectivity index (χ0) is 18.1. The van der Waals surface area contributed by atoms with Crippen LogP contribution in [0.2, 0.25) is 0 Å². The van der Waals surface area contributed by atoms with Crippen molar-refractivity contribution < 1.29 is 9.90 Å². The number of carbonyl (C=O) groups is 1. The SMILES string of the molecule is CN(Cc1ccccc1)c1nc2c(c(=O)[nH]c(=O)n2C)n1CC(=O)O. The molecular weight excluding hydrogens is 326 g/mol. The molecule has 0 radical (unpaired) electrons. The molecule has 2 heterocycles. The highest BCUT2D eigenvalue weighted by Crippen LogP contribution is 2.20. The molecule has 2 aromatic heterocycles. The Labute approximate surface area is 141 Å². The maximum absolute atomic E-state index is 12.2. The number of aromatic amines is 1. The number of aryl methyl sites for hydroxylation is 1. The third-order valence-corrected chi connectivity index (χ3v) is 3.88. The Morgan fingerprint density at radius 2 is 1.96 bits per heavy atom. The van der Waals surface area contributed by atoms with Crippen LogP contribution in [0.4, 0.5) is 5.95 Å². The fourth-order valence-electron chi connectivity index (χ4n) is 2.73. The molecule has 9 heteroatoms. The summed E-state index contributed by atoms with van der Waals surface area (Å²) < 4.78 is 2.49. The lowest BCUT2D eigenvalue weighted by molar-refractivity contribution is -0.137.